The molecule has 0 saturated heterocycles. The molecule has 0 amide bonds. The second-order valence-electron chi connectivity index (χ2n) is 4.35. The van der Waals surface area contributed by atoms with Crippen molar-refractivity contribution < 1.29 is 8.42 Å². The first-order chi connectivity index (χ1) is 9.56. The van der Waals surface area contributed by atoms with Crippen molar-refractivity contribution in [2.24, 2.45) is 0 Å². The maximum Gasteiger partial charge on any atom is 0.250 e. The monoisotopic (exact) mass is 330 g/mol. The molecule has 20 heavy (non-hydrogen) atoms. The quantitative estimate of drug-likeness (QED) is 0.820. The van der Waals surface area contributed by atoms with E-state index in [-0.39, 0.29) is 0 Å². The van der Waals surface area contributed by atoms with Gasteiger partial charge in [0.2, 0.25) is 10.0 Å². The van der Waals surface area contributed by atoms with E-state index in [2.05, 4.69) is 17.0 Å². The summed E-state index contributed by atoms with van der Waals surface area (Å²) in [5.41, 5.74) is 2.20. The molecular formula is C13H18N2O2S3. The third-order valence-electron chi connectivity index (χ3n) is 2.92. The Morgan fingerprint density at radius 3 is 2.75 bits per heavy atom. The van der Waals surface area contributed by atoms with E-state index in [9.17, 15) is 8.42 Å². The first-order valence-electron chi connectivity index (χ1n) is 6.33. The van der Waals surface area contributed by atoms with Gasteiger partial charge in [-0.1, -0.05) is 6.92 Å². The molecule has 2 heterocycles. The Balaban J connectivity index is 2.07. The number of nitrogens with one attached hydrogen (secondary N) is 2. The standard InChI is InChI=1S/C13H18N2O2S3/c1-3-11-4-5-18-12(11)8-15-20(16,17)13-6-10(7-14-2)9-19-13/h4-6,9,14-15H,3,7-8H2,1-2H3. The van der Waals surface area contributed by atoms with Crippen LogP contribution in [0.1, 0.15) is 22.9 Å². The van der Waals surface area contributed by atoms with Gasteiger partial charge in [-0.05, 0) is 47.5 Å². The topological polar surface area (TPSA) is 58.2 Å². The molecule has 0 saturated carbocycles. The van der Waals surface area contributed by atoms with Crippen molar-refractivity contribution in [2.45, 2.75) is 30.6 Å². The average Bonchev–Trinajstić information content (AvgIpc) is 3.05. The van der Waals surface area contributed by atoms with Crippen LogP contribution in [0.3, 0.4) is 0 Å². The zero-order valence-electron chi connectivity index (χ0n) is 11.5. The van der Waals surface area contributed by atoms with Gasteiger partial charge in [0.05, 0.1) is 0 Å². The Morgan fingerprint density at radius 2 is 2.05 bits per heavy atom. The lowest BCUT2D eigenvalue weighted by molar-refractivity contribution is 0.583. The lowest BCUT2D eigenvalue weighted by Gasteiger charge is -2.05. The Morgan fingerprint density at radius 1 is 1.25 bits per heavy atom. The van der Waals surface area contributed by atoms with Crippen LogP contribution in [-0.4, -0.2) is 15.5 Å². The van der Waals surface area contributed by atoms with Crippen molar-refractivity contribution >= 4 is 32.7 Å². The summed E-state index contributed by atoms with van der Waals surface area (Å²) >= 11 is 2.85. The van der Waals surface area contributed by atoms with Gasteiger partial charge in [0.1, 0.15) is 4.21 Å². The summed E-state index contributed by atoms with van der Waals surface area (Å²) in [5, 5.41) is 6.88. The molecule has 2 aromatic rings. The Bertz CT molecular complexity index is 659. The van der Waals surface area contributed by atoms with Crippen molar-refractivity contribution in [1.29, 1.82) is 0 Å². The molecule has 0 aliphatic heterocycles. The fourth-order valence-corrected chi connectivity index (χ4v) is 5.12. The van der Waals surface area contributed by atoms with Crippen molar-refractivity contribution in [3.05, 3.63) is 38.9 Å². The van der Waals surface area contributed by atoms with Crippen LogP contribution < -0.4 is 10.0 Å². The van der Waals surface area contributed by atoms with Crippen LogP contribution in [0.15, 0.2) is 27.1 Å². The second-order valence-corrected chi connectivity index (χ2v) is 8.26. The van der Waals surface area contributed by atoms with Gasteiger partial charge in [-0.25, -0.2) is 13.1 Å². The molecule has 0 aromatic carbocycles. The van der Waals surface area contributed by atoms with E-state index in [0.29, 0.717) is 17.3 Å². The SMILES string of the molecule is CCc1ccsc1CNS(=O)(=O)c1cc(CNC)cs1. The average molecular weight is 330 g/mol. The summed E-state index contributed by atoms with van der Waals surface area (Å²) in [6, 6.07) is 3.77. The fraction of sp³-hybridized carbons (Fsp3) is 0.385. The highest BCUT2D eigenvalue weighted by atomic mass is 32.2. The molecule has 0 spiro atoms. The van der Waals surface area contributed by atoms with Gasteiger partial charge in [0.15, 0.2) is 0 Å². The van der Waals surface area contributed by atoms with E-state index in [4.69, 9.17) is 0 Å². The highest BCUT2D eigenvalue weighted by molar-refractivity contribution is 7.91. The van der Waals surface area contributed by atoms with Crippen LogP contribution in [0.4, 0.5) is 0 Å². The minimum Gasteiger partial charge on any atom is -0.316 e. The van der Waals surface area contributed by atoms with E-state index in [1.54, 1.807) is 17.4 Å². The Labute approximate surface area is 127 Å². The zero-order valence-corrected chi connectivity index (χ0v) is 13.9. The maximum atomic E-state index is 12.2. The van der Waals surface area contributed by atoms with E-state index in [1.807, 2.05) is 23.9 Å². The van der Waals surface area contributed by atoms with Crippen LogP contribution in [0, 0.1) is 0 Å². The molecule has 0 bridgehead atoms. The van der Waals surface area contributed by atoms with Crippen LogP contribution in [-0.2, 0) is 29.5 Å². The smallest absolute Gasteiger partial charge is 0.250 e. The van der Waals surface area contributed by atoms with Gasteiger partial charge in [-0.3, -0.25) is 0 Å². The Hall–Kier alpha value is -0.730. The highest BCUT2D eigenvalue weighted by Gasteiger charge is 2.17. The molecule has 7 heteroatoms. The normalized spacial score (nSPS) is 11.9. The van der Waals surface area contributed by atoms with Gasteiger partial charge >= 0.3 is 0 Å². The highest BCUT2D eigenvalue weighted by Crippen LogP contribution is 2.22. The minimum absolute atomic E-state index is 0.364. The molecule has 0 atom stereocenters. The molecule has 2 N–H and O–H groups in total. The van der Waals surface area contributed by atoms with Gasteiger partial charge < -0.3 is 5.32 Å². The zero-order chi connectivity index (χ0) is 14.6. The van der Waals surface area contributed by atoms with Crippen LogP contribution in [0.2, 0.25) is 0 Å². The van der Waals surface area contributed by atoms with Crippen molar-refractivity contribution in [1.82, 2.24) is 10.0 Å². The number of hydrogen-bond donors (Lipinski definition) is 2. The van der Waals surface area contributed by atoms with Crippen molar-refractivity contribution in [3.63, 3.8) is 0 Å². The predicted octanol–water partition coefficient (Wildman–Crippen LogP) is 2.57. The summed E-state index contributed by atoms with van der Waals surface area (Å²) in [6.07, 6.45) is 0.923. The first-order valence-corrected chi connectivity index (χ1v) is 9.58. The molecule has 0 aliphatic carbocycles. The first kappa shape index (κ1) is 15.7. The summed E-state index contributed by atoms with van der Waals surface area (Å²) in [6.45, 7) is 3.11. The lowest BCUT2D eigenvalue weighted by atomic mass is 10.2. The third-order valence-corrected chi connectivity index (χ3v) is 6.77. The van der Waals surface area contributed by atoms with Gasteiger partial charge in [-0.2, -0.15) is 0 Å². The van der Waals surface area contributed by atoms with Gasteiger partial charge in [-0.15, -0.1) is 22.7 Å². The molecule has 2 rings (SSSR count). The number of aryl methyl sites for hydroxylation is 1. The van der Waals surface area contributed by atoms with Crippen LogP contribution in [0.25, 0.3) is 0 Å². The fourth-order valence-electron chi connectivity index (χ4n) is 1.86. The van der Waals surface area contributed by atoms with E-state index in [1.165, 1.54) is 16.9 Å². The van der Waals surface area contributed by atoms with E-state index < -0.39 is 10.0 Å². The van der Waals surface area contributed by atoms with Crippen molar-refractivity contribution in [3.8, 4) is 0 Å². The van der Waals surface area contributed by atoms with Crippen molar-refractivity contribution in [2.75, 3.05) is 7.05 Å². The molecule has 0 aliphatic rings. The second kappa shape index (κ2) is 6.82. The maximum absolute atomic E-state index is 12.2. The number of rotatable bonds is 7. The molecular weight excluding hydrogens is 312 g/mol. The predicted molar refractivity (Wildman–Crippen MR) is 84.8 cm³/mol. The number of sulfonamides is 1. The molecule has 0 radical (unpaired) electrons. The molecule has 4 nitrogen and oxygen atoms in total. The number of hydrogen-bond acceptors (Lipinski definition) is 5. The summed E-state index contributed by atoms with van der Waals surface area (Å²) in [7, 11) is -1.57. The molecule has 0 fully saturated rings. The lowest BCUT2D eigenvalue weighted by Crippen LogP contribution is -2.22. The molecule has 0 unspecified atom stereocenters. The molecule has 110 valence electrons. The summed E-state index contributed by atoms with van der Waals surface area (Å²) in [4.78, 5) is 1.09. The third kappa shape index (κ3) is 3.67. The van der Waals surface area contributed by atoms with Crippen LogP contribution in [0.5, 0.6) is 0 Å². The van der Waals surface area contributed by atoms with Crippen LogP contribution >= 0.6 is 22.7 Å². The number of thiophene rings is 2. The summed E-state index contributed by atoms with van der Waals surface area (Å²) < 4.78 is 27.5. The van der Waals surface area contributed by atoms with E-state index >= 15 is 0 Å². The van der Waals surface area contributed by atoms with E-state index in [0.717, 1.165) is 16.9 Å². The van der Waals surface area contributed by atoms with Gasteiger partial charge in [0, 0.05) is 18.0 Å². The minimum atomic E-state index is -3.41. The Kier molecular flexibility index (Phi) is 5.34. The molecule has 2 aromatic heterocycles. The largest absolute Gasteiger partial charge is 0.316 e. The summed E-state index contributed by atoms with van der Waals surface area (Å²) in [5.74, 6) is 0. The van der Waals surface area contributed by atoms with Gasteiger partial charge in [0.25, 0.3) is 0 Å².